The molecular formula is C24H22FNO4S. The summed E-state index contributed by atoms with van der Waals surface area (Å²) in [6, 6.07) is 20.9. The summed E-state index contributed by atoms with van der Waals surface area (Å²) < 4.78 is 46.7. The maximum absolute atomic E-state index is 13.3. The summed E-state index contributed by atoms with van der Waals surface area (Å²) in [6.07, 6.45) is 0.427. The van der Waals surface area contributed by atoms with Crippen LogP contribution in [0.25, 0.3) is 0 Å². The normalized spacial score (nSPS) is 16.5. The molecule has 0 fully saturated rings. The molecule has 0 aromatic heterocycles. The molecule has 0 radical (unpaired) electrons. The van der Waals surface area contributed by atoms with Crippen LogP contribution in [0.5, 0.6) is 0 Å². The van der Waals surface area contributed by atoms with E-state index < -0.39 is 27.9 Å². The Kier molecular flexibility index (Phi) is 6.15. The first kappa shape index (κ1) is 21.2. The van der Waals surface area contributed by atoms with E-state index >= 15 is 0 Å². The summed E-state index contributed by atoms with van der Waals surface area (Å²) in [5.41, 5.74) is 2.65. The smallest absolute Gasteiger partial charge is 0.308 e. The summed E-state index contributed by atoms with van der Waals surface area (Å²) in [4.78, 5) is 12.7. The third kappa shape index (κ3) is 4.68. The second-order valence-corrected chi connectivity index (χ2v) is 9.28. The molecule has 160 valence electrons. The fourth-order valence-corrected chi connectivity index (χ4v) is 5.43. The Labute approximate surface area is 181 Å². The van der Waals surface area contributed by atoms with Crippen LogP contribution in [0.2, 0.25) is 0 Å². The van der Waals surface area contributed by atoms with E-state index in [1.54, 1.807) is 0 Å². The third-order valence-corrected chi connectivity index (χ3v) is 7.31. The molecule has 3 aromatic carbocycles. The van der Waals surface area contributed by atoms with Crippen molar-refractivity contribution in [1.82, 2.24) is 4.31 Å². The molecule has 31 heavy (non-hydrogen) atoms. The molecule has 0 saturated heterocycles. The van der Waals surface area contributed by atoms with Gasteiger partial charge in [-0.15, -0.1) is 0 Å². The lowest BCUT2D eigenvalue weighted by Gasteiger charge is -2.36. The summed E-state index contributed by atoms with van der Waals surface area (Å²) in [6.45, 7) is 0.353. The van der Waals surface area contributed by atoms with Gasteiger partial charge in [0.05, 0.1) is 17.4 Å². The second-order valence-electron chi connectivity index (χ2n) is 7.38. The van der Waals surface area contributed by atoms with Crippen molar-refractivity contribution in [3.63, 3.8) is 0 Å². The molecule has 4 rings (SSSR count). The molecule has 0 aliphatic carbocycles. The van der Waals surface area contributed by atoms with Gasteiger partial charge in [-0.1, -0.05) is 54.6 Å². The standard InChI is InChI=1S/C24H22FNO4S/c25-20-10-12-21(13-11-20)31(28,29)26-15-14-19-8-4-5-9-22(19)23(26)16-24(27)30-17-18-6-2-1-3-7-18/h1-13,23H,14-17H2/t23-/m1/s1. The lowest BCUT2D eigenvalue weighted by atomic mass is 9.92. The van der Waals surface area contributed by atoms with Crippen LogP contribution in [0.15, 0.2) is 83.8 Å². The van der Waals surface area contributed by atoms with E-state index in [4.69, 9.17) is 4.74 Å². The Morgan fingerprint density at radius 1 is 0.968 bits per heavy atom. The van der Waals surface area contributed by atoms with E-state index in [9.17, 15) is 17.6 Å². The highest BCUT2D eigenvalue weighted by molar-refractivity contribution is 7.89. The fraction of sp³-hybridized carbons (Fsp3) is 0.208. The number of rotatable bonds is 6. The van der Waals surface area contributed by atoms with Crippen LogP contribution in [-0.4, -0.2) is 25.2 Å². The number of sulfonamides is 1. The molecule has 7 heteroatoms. The van der Waals surface area contributed by atoms with Gasteiger partial charge in [-0.05, 0) is 47.4 Å². The Bertz CT molecular complexity index is 1160. The van der Waals surface area contributed by atoms with Gasteiger partial charge in [0, 0.05) is 6.54 Å². The van der Waals surface area contributed by atoms with Crippen LogP contribution in [0.3, 0.4) is 0 Å². The molecule has 1 heterocycles. The van der Waals surface area contributed by atoms with Crippen molar-refractivity contribution in [3.05, 3.63) is 101 Å². The van der Waals surface area contributed by atoms with Crippen molar-refractivity contribution in [3.8, 4) is 0 Å². The summed E-state index contributed by atoms with van der Waals surface area (Å²) in [5, 5.41) is 0. The zero-order valence-corrected chi connectivity index (χ0v) is 17.6. The molecule has 5 nitrogen and oxygen atoms in total. The highest BCUT2D eigenvalue weighted by Gasteiger charge is 2.37. The van der Waals surface area contributed by atoms with Gasteiger partial charge in [0.15, 0.2) is 0 Å². The van der Waals surface area contributed by atoms with Crippen LogP contribution in [0, 0.1) is 5.82 Å². The summed E-state index contributed by atoms with van der Waals surface area (Å²) >= 11 is 0. The maximum atomic E-state index is 13.3. The number of esters is 1. The topological polar surface area (TPSA) is 63.7 Å². The first-order valence-corrected chi connectivity index (χ1v) is 11.4. The van der Waals surface area contributed by atoms with E-state index in [0.717, 1.165) is 28.8 Å². The minimum absolute atomic E-state index is 0.00376. The Balaban J connectivity index is 1.60. The SMILES string of the molecule is O=C(C[C@@H]1c2ccccc2CCN1S(=O)(=O)c1ccc(F)cc1)OCc1ccccc1. The average molecular weight is 440 g/mol. The average Bonchev–Trinajstić information content (AvgIpc) is 2.79. The molecule has 0 bridgehead atoms. The van der Waals surface area contributed by atoms with Crippen LogP contribution in [-0.2, 0) is 32.6 Å². The Hall–Kier alpha value is -3.03. The lowest BCUT2D eigenvalue weighted by molar-refractivity contribution is -0.146. The molecule has 1 aliphatic rings. The number of ether oxygens (including phenoxy) is 1. The first-order chi connectivity index (χ1) is 14.9. The van der Waals surface area contributed by atoms with E-state index in [2.05, 4.69) is 0 Å². The first-order valence-electron chi connectivity index (χ1n) is 10.00. The highest BCUT2D eigenvalue weighted by Crippen LogP contribution is 2.36. The van der Waals surface area contributed by atoms with Crippen LogP contribution in [0.1, 0.15) is 29.2 Å². The molecule has 1 aliphatic heterocycles. The number of nitrogens with zero attached hydrogens (tertiary/aromatic N) is 1. The predicted octanol–water partition coefficient (Wildman–Crippen LogP) is 4.25. The quantitative estimate of drug-likeness (QED) is 0.539. The largest absolute Gasteiger partial charge is 0.461 e. The predicted molar refractivity (Wildman–Crippen MR) is 114 cm³/mol. The van der Waals surface area contributed by atoms with Crippen molar-refractivity contribution in [1.29, 1.82) is 0 Å². The van der Waals surface area contributed by atoms with E-state index in [1.807, 2.05) is 54.6 Å². The molecule has 1 atom stereocenters. The molecule has 0 amide bonds. The van der Waals surface area contributed by atoms with Crippen LogP contribution in [0.4, 0.5) is 4.39 Å². The minimum Gasteiger partial charge on any atom is -0.461 e. The number of fused-ring (bicyclic) bond motifs is 1. The fourth-order valence-electron chi connectivity index (χ4n) is 3.82. The van der Waals surface area contributed by atoms with Crippen molar-refractivity contribution in [2.24, 2.45) is 0 Å². The van der Waals surface area contributed by atoms with Gasteiger partial charge in [-0.25, -0.2) is 12.8 Å². The van der Waals surface area contributed by atoms with Gasteiger partial charge >= 0.3 is 5.97 Å². The third-order valence-electron chi connectivity index (χ3n) is 5.39. The van der Waals surface area contributed by atoms with Crippen molar-refractivity contribution in [2.75, 3.05) is 6.54 Å². The summed E-state index contributed by atoms with van der Waals surface area (Å²) in [5.74, 6) is -0.992. The van der Waals surface area contributed by atoms with E-state index in [1.165, 1.54) is 16.4 Å². The Morgan fingerprint density at radius 2 is 1.65 bits per heavy atom. The second kappa shape index (κ2) is 8.99. The molecular weight excluding hydrogens is 417 g/mol. The summed E-state index contributed by atoms with van der Waals surface area (Å²) in [7, 11) is -3.92. The van der Waals surface area contributed by atoms with Gasteiger partial charge < -0.3 is 4.74 Å². The van der Waals surface area contributed by atoms with Gasteiger partial charge in [0.1, 0.15) is 12.4 Å². The van der Waals surface area contributed by atoms with Gasteiger partial charge in [-0.2, -0.15) is 4.31 Å². The van der Waals surface area contributed by atoms with Gasteiger partial charge in [0.2, 0.25) is 10.0 Å². The highest BCUT2D eigenvalue weighted by atomic mass is 32.2. The van der Waals surface area contributed by atoms with Crippen molar-refractivity contribution in [2.45, 2.75) is 30.4 Å². The van der Waals surface area contributed by atoms with Gasteiger partial charge in [0.25, 0.3) is 0 Å². The number of benzene rings is 3. The zero-order valence-electron chi connectivity index (χ0n) is 16.8. The Morgan fingerprint density at radius 3 is 2.39 bits per heavy atom. The molecule has 0 unspecified atom stereocenters. The maximum Gasteiger partial charge on any atom is 0.308 e. The number of carbonyl (C=O) groups excluding carboxylic acids is 1. The molecule has 0 spiro atoms. The monoisotopic (exact) mass is 439 g/mol. The molecule has 3 aromatic rings. The van der Waals surface area contributed by atoms with E-state index in [-0.39, 0.29) is 24.5 Å². The van der Waals surface area contributed by atoms with Crippen molar-refractivity contribution < 1.29 is 22.3 Å². The van der Waals surface area contributed by atoms with Gasteiger partial charge in [-0.3, -0.25) is 4.79 Å². The number of hydrogen-bond donors (Lipinski definition) is 0. The zero-order chi connectivity index (χ0) is 21.8. The van der Waals surface area contributed by atoms with E-state index in [0.29, 0.717) is 6.42 Å². The minimum atomic E-state index is -3.92. The number of hydrogen-bond acceptors (Lipinski definition) is 4. The van der Waals surface area contributed by atoms with Crippen LogP contribution < -0.4 is 0 Å². The van der Waals surface area contributed by atoms with Crippen LogP contribution >= 0.6 is 0 Å². The number of carbonyl (C=O) groups is 1. The number of halogens is 1. The lowest BCUT2D eigenvalue weighted by Crippen LogP contribution is -2.41. The van der Waals surface area contributed by atoms with Crippen molar-refractivity contribution >= 4 is 16.0 Å². The molecule has 0 saturated carbocycles. The molecule has 0 N–H and O–H groups in total.